The van der Waals surface area contributed by atoms with Crippen molar-refractivity contribution in [2.45, 2.75) is 386 Å². The number of allylic oxidation sites excluding steroid dienone is 12. The molecule has 0 aliphatic heterocycles. The van der Waals surface area contributed by atoms with Gasteiger partial charge in [-0.05, 0) is 109 Å². The highest BCUT2D eigenvalue weighted by Crippen LogP contribution is 2.18. The van der Waals surface area contributed by atoms with Crippen LogP contribution in [0.1, 0.15) is 380 Å². The minimum Gasteiger partial charge on any atom is -0.462 e. The third kappa shape index (κ3) is 69.5. The van der Waals surface area contributed by atoms with Gasteiger partial charge in [0.25, 0.3) is 0 Å². The summed E-state index contributed by atoms with van der Waals surface area (Å²) in [7, 11) is 0. The summed E-state index contributed by atoms with van der Waals surface area (Å²) in [6.07, 6.45) is 93.7. The van der Waals surface area contributed by atoms with Gasteiger partial charge in [0, 0.05) is 19.3 Å². The van der Waals surface area contributed by atoms with Crippen LogP contribution in [-0.4, -0.2) is 37.2 Å². The lowest BCUT2D eigenvalue weighted by Crippen LogP contribution is -2.30. The van der Waals surface area contributed by atoms with E-state index in [2.05, 4.69) is 93.7 Å². The molecular weight excluding hydrogens is 1020 g/mol. The quantitative estimate of drug-likeness (QED) is 0.0261. The highest BCUT2D eigenvalue weighted by Gasteiger charge is 2.19. The summed E-state index contributed by atoms with van der Waals surface area (Å²) >= 11 is 0. The molecule has 0 aliphatic rings. The first kappa shape index (κ1) is 79.8. The van der Waals surface area contributed by atoms with Gasteiger partial charge in [-0.25, -0.2) is 0 Å². The lowest BCUT2D eigenvalue weighted by molar-refractivity contribution is -0.167. The summed E-state index contributed by atoms with van der Waals surface area (Å²) < 4.78 is 17.0. The highest BCUT2D eigenvalue weighted by atomic mass is 16.6. The van der Waals surface area contributed by atoms with Gasteiger partial charge >= 0.3 is 17.9 Å². The van der Waals surface area contributed by atoms with Crippen molar-refractivity contribution in [3.63, 3.8) is 0 Å². The molecule has 0 saturated heterocycles. The fraction of sp³-hybridized carbons (Fsp3) is 0.805. The van der Waals surface area contributed by atoms with Crippen molar-refractivity contribution in [3.8, 4) is 0 Å². The van der Waals surface area contributed by atoms with E-state index < -0.39 is 6.10 Å². The predicted molar refractivity (Wildman–Crippen MR) is 362 cm³/mol. The number of esters is 3. The standard InChI is InChI=1S/C77H138O6/c1-4-7-10-13-16-19-22-25-28-30-32-34-35-36-37-38-39-40-41-43-44-46-49-52-55-58-61-64-67-70-76(79)82-73-74(72-81-75(78)69-66-63-60-57-54-51-48-27-24-21-18-15-12-9-6-3)83-77(80)71-68-65-62-59-56-53-50-47-45-42-33-31-29-26-23-20-17-14-11-8-5-2/h8,11,17,20,26-27,29-30,32-33,42,48,74H,4-7,9-10,12-16,18-19,21-25,28,31,34-41,43-47,49-73H2,1-3H3/b11-8-,20-17-,29-26-,32-30-,42-33-,48-27-. The fourth-order valence-corrected chi connectivity index (χ4v) is 10.7. The summed E-state index contributed by atoms with van der Waals surface area (Å²) in [5.74, 6) is -0.873. The van der Waals surface area contributed by atoms with E-state index in [9.17, 15) is 14.4 Å². The topological polar surface area (TPSA) is 78.9 Å². The van der Waals surface area contributed by atoms with Gasteiger partial charge in [-0.2, -0.15) is 0 Å². The van der Waals surface area contributed by atoms with Crippen LogP contribution in [0.15, 0.2) is 72.9 Å². The van der Waals surface area contributed by atoms with Gasteiger partial charge in [0.15, 0.2) is 6.10 Å². The molecule has 0 aromatic heterocycles. The van der Waals surface area contributed by atoms with Crippen LogP contribution in [0.2, 0.25) is 0 Å². The van der Waals surface area contributed by atoms with Crippen LogP contribution in [0.3, 0.4) is 0 Å². The van der Waals surface area contributed by atoms with Crippen LogP contribution >= 0.6 is 0 Å². The van der Waals surface area contributed by atoms with E-state index >= 15 is 0 Å². The molecule has 0 aromatic carbocycles. The minimum absolute atomic E-state index is 0.0781. The van der Waals surface area contributed by atoms with E-state index in [-0.39, 0.29) is 31.1 Å². The molecule has 6 nitrogen and oxygen atoms in total. The van der Waals surface area contributed by atoms with E-state index in [4.69, 9.17) is 14.2 Å². The molecule has 0 rings (SSSR count). The van der Waals surface area contributed by atoms with E-state index in [0.29, 0.717) is 19.3 Å². The van der Waals surface area contributed by atoms with Gasteiger partial charge in [-0.1, -0.05) is 325 Å². The maximum atomic E-state index is 13.0. The van der Waals surface area contributed by atoms with Crippen molar-refractivity contribution in [1.82, 2.24) is 0 Å². The third-order valence-electron chi connectivity index (χ3n) is 16.2. The van der Waals surface area contributed by atoms with Crippen LogP contribution in [0.25, 0.3) is 0 Å². The van der Waals surface area contributed by atoms with Crippen molar-refractivity contribution in [2.24, 2.45) is 0 Å². The van der Waals surface area contributed by atoms with Crippen LogP contribution in [0.5, 0.6) is 0 Å². The first-order valence-electron chi connectivity index (χ1n) is 36.4. The Morgan fingerprint density at radius 1 is 0.253 bits per heavy atom. The third-order valence-corrected chi connectivity index (χ3v) is 16.2. The Morgan fingerprint density at radius 3 is 0.747 bits per heavy atom. The Hall–Kier alpha value is -3.15. The Labute approximate surface area is 516 Å². The second kappa shape index (κ2) is 71.3. The van der Waals surface area contributed by atoms with Crippen molar-refractivity contribution in [3.05, 3.63) is 72.9 Å². The molecule has 1 atom stereocenters. The molecule has 0 spiro atoms. The lowest BCUT2D eigenvalue weighted by Gasteiger charge is -2.18. The number of unbranched alkanes of at least 4 members (excludes halogenated alkanes) is 44. The van der Waals surface area contributed by atoms with E-state index in [1.54, 1.807) is 0 Å². The largest absolute Gasteiger partial charge is 0.462 e. The van der Waals surface area contributed by atoms with Gasteiger partial charge in [0.05, 0.1) is 0 Å². The Morgan fingerprint density at radius 2 is 0.470 bits per heavy atom. The summed E-state index contributed by atoms with van der Waals surface area (Å²) in [5, 5.41) is 0. The molecule has 482 valence electrons. The molecular formula is C77H138O6. The lowest BCUT2D eigenvalue weighted by atomic mass is 10.0. The molecule has 0 aliphatic carbocycles. The van der Waals surface area contributed by atoms with Crippen LogP contribution < -0.4 is 0 Å². The van der Waals surface area contributed by atoms with Gasteiger partial charge in [0.1, 0.15) is 13.2 Å². The van der Waals surface area contributed by atoms with E-state index in [1.807, 2.05) is 0 Å². The molecule has 83 heavy (non-hydrogen) atoms. The van der Waals surface area contributed by atoms with Gasteiger partial charge < -0.3 is 14.2 Å². The normalized spacial score (nSPS) is 12.5. The van der Waals surface area contributed by atoms with Crippen molar-refractivity contribution in [1.29, 1.82) is 0 Å². The first-order valence-corrected chi connectivity index (χ1v) is 36.4. The van der Waals surface area contributed by atoms with Crippen molar-refractivity contribution in [2.75, 3.05) is 13.2 Å². The average molecular weight is 1160 g/mol. The number of hydrogen-bond acceptors (Lipinski definition) is 6. The highest BCUT2D eigenvalue weighted by molar-refractivity contribution is 5.71. The first-order chi connectivity index (χ1) is 41.0. The summed E-state index contributed by atoms with van der Waals surface area (Å²) in [6, 6.07) is 0. The Bertz CT molecular complexity index is 1520. The monoisotopic (exact) mass is 1160 g/mol. The zero-order chi connectivity index (χ0) is 59.9. The minimum atomic E-state index is -0.784. The fourth-order valence-electron chi connectivity index (χ4n) is 10.7. The van der Waals surface area contributed by atoms with Gasteiger partial charge in [-0.3, -0.25) is 14.4 Å². The Balaban J connectivity index is 4.26. The SMILES string of the molecule is CC/C=C\C/C=C\C/C=C\C/C=C\CCCCCCCCCCC(=O)OC(COC(=O)CCCCCCC/C=C\CCCCCCCC)COC(=O)CCCCCCCCCCCCCCCCCCC/C=C\CCCCCCCCCC. The maximum absolute atomic E-state index is 13.0. The summed E-state index contributed by atoms with van der Waals surface area (Å²) in [6.45, 7) is 6.57. The number of ether oxygens (including phenoxy) is 3. The maximum Gasteiger partial charge on any atom is 0.306 e. The molecule has 0 heterocycles. The van der Waals surface area contributed by atoms with Crippen LogP contribution in [0.4, 0.5) is 0 Å². The summed E-state index contributed by atoms with van der Waals surface area (Å²) in [5.41, 5.74) is 0. The van der Waals surface area contributed by atoms with E-state index in [1.165, 1.54) is 244 Å². The zero-order valence-electron chi connectivity index (χ0n) is 55.5. The molecule has 0 radical (unpaired) electrons. The second-order valence-electron chi connectivity index (χ2n) is 24.5. The number of carbonyl (C=O) groups is 3. The van der Waals surface area contributed by atoms with Crippen molar-refractivity contribution >= 4 is 17.9 Å². The molecule has 0 bridgehead atoms. The molecule has 0 amide bonds. The predicted octanol–water partition coefficient (Wildman–Crippen LogP) is 25.2. The average Bonchev–Trinajstić information content (AvgIpc) is 3.49. The van der Waals surface area contributed by atoms with Crippen LogP contribution in [0, 0.1) is 0 Å². The molecule has 0 saturated carbocycles. The van der Waals surface area contributed by atoms with E-state index in [0.717, 1.165) is 96.3 Å². The van der Waals surface area contributed by atoms with Crippen LogP contribution in [-0.2, 0) is 28.6 Å². The smallest absolute Gasteiger partial charge is 0.306 e. The molecule has 0 aromatic rings. The van der Waals surface area contributed by atoms with Gasteiger partial charge in [0.2, 0.25) is 0 Å². The molecule has 0 N–H and O–H groups in total. The molecule has 0 fully saturated rings. The second-order valence-corrected chi connectivity index (χ2v) is 24.5. The summed E-state index contributed by atoms with van der Waals surface area (Å²) in [4.78, 5) is 38.5. The number of hydrogen-bond donors (Lipinski definition) is 0. The number of carbonyl (C=O) groups excluding carboxylic acids is 3. The molecule has 6 heteroatoms. The Kier molecular flexibility index (Phi) is 68.6. The van der Waals surface area contributed by atoms with Crippen molar-refractivity contribution < 1.29 is 28.6 Å². The zero-order valence-corrected chi connectivity index (χ0v) is 55.5. The number of rotatable bonds is 67. The molecule has 1 unspecified atom stereocenters. The van der Waals surface area contributed by atoms with Gasteiger partial charge in [-0.15, -0.1) is 0 Å².